The Balaban J connectivity index is 1.55. The Hall–Kier alpha value is -3.52. The number of amides is 1. The number of nitrogens with zero attached hydrogens (tertiary/aromatic N) is 4. The monoisotopic (exact) mass is 446 g/mol. The van der Waals surface area contributed by atoms with Gasteiger partial charge in [0.05, 0.1) is 22.3 Å². The maximum atomic E-state index is 12.9. The minimum Gasteiger partial charge on any atom is -0.465 e. The van der Waals surface area contributed by atoms with Crippen LogP contribution in [0.3, 0.4) is 0 Å². The Kier molecular flexibility index (Phi) is 5.45. The molecule has 162 valence electrons. The summed E-state index contributed by atoms with van der Waals surface area (Å²) in [6, 6.07) is 12.9. The Bertz CT molecular complexity index is 1280. The van der Waals surface area contributed by atoms with Crippen LogP contribution in [0.2, 0.25) is 0 Å². The summed E-state index contributed by atoms with van der Waals surface area (Å²) in [5.41, 5.74) is 3.13. The summed E-state index contributed by atoms with van der Waals surface area (Å²) in [4.78, 5) is 31.5. The molecule has 0 bridgehead atoms. The van der Waals surface area contributed by atoms with Crippen LogP contribution in [0, 0.1) is 0 Å². The molecule has 1 aliphatic rings. The van der Waals surface area contributed by atoms with E-state index in [2.05, 4.69) is 10.1 Å². The van der Waals surface area contributed by atoms with E-state index in [-0.39, 0.29) is 11.8 Å². The van der Waals surface area contributed by atoms with Gasteiger partial charge in [0.25, 0.3) is 0 Å². The van der Waals surface area contributed by atoms with Crippen LogP contribution >= 0.6 is 11.3 Å². The minimum absolute atomic E-state index is 0.00585. The minimum atomic E-state index is -0.933. The molecule has 0 saturated heterocycles. The van der Waals surface area contributed by atoms with Crippen LogP contribution in [0.15, 0.2) is 60.2 Å². The van der Waals surface area contributed by atoms with Gasteiger partial charge in [-0.1, -0.05) is 37.5 Å². The van der Waals surface area contributed by atoms with Gasteiger partial charge in [0.1, 0.15) is 0 Å². The summed E-state index contributed by atoms with van der Waals surface area (Å²) in [6.07, 6.45) is 7.28. The smallest absolute Gasteiger partial charge is 0.412 e. The van der Waals surface area contributed by atoms with Crippen LogP contribution in [-0.4, -0.2) is 37.6 Å². The average molecular weight is 447 g/mol. The SMILES string of the molecule is O=C(c1cccs1)c1cnn2c(-c3cccc(N(C(=O)O)C4CCCCC4)c3)ccnc12. The third-order valence-corrected chi connectivity index (χ3v) is 6.83. The molecule has 1 aromatic carbocycles. The summed E-state index contributed by atoms with van der Waals surface area (Å²) in [7, 11) is 0. The number of carboxylic acid groups (broad SMARTS) is 1. The zero-order valence-electron chi connectivity index (χ0n) is 17.3. The van der Waals surface area contributed by atoms with E-state index in [1.54, 1.807) is 23.0 Å². The highest BCUT2D eigenvalue weighted by molar-refractivity contribution is 7.12. The number of ketones is 1. The van der Waals surface area contributed by atoms with Gasteiger partial charge in [0.2, 0.25) is 5.78 Å². The molecule has 0 radical (unpaired) electrons. The predicted molar refractivity (Wildman–Crippen MR) is 124 cm³/mol. The molecule has 0 aliphatic heterocycles. The molecule has 0 atom stereocenters. The number of carbonyl (C=O) groups is 2. The highest BCUT2D eigenvalue weighted by atomic mass is 32.1. The van der Waals surface area contributed by atoms with Crippen molar-refractivity contribution in [3.63, 3.8) is 0 Å². The molecule has 1 fully saturated rings. The zero-order chi connectivity index (χ0) is 22.1. The topological polar surface area (TPSA) is 87.8 Å². The van der Waals surface area contributed by atoms with E-state index in [0.29, 0.717) is 21.8 Å². The molecule has 3 heterocycles. The first-order valence-corrected chi connectivity index (χ1v) is 11.5. The third kappa shape index (κ3) is 3.67. The number of aromatic nitrogens is 3. The summed E-state index contributed by atoms with van der Waals surface area (Å²) >= 11 is 1.38. The molecule has 32 heavy (non-hydrogen) atoms. The van der Waals surface area contributed by atoms with Crippen LogP contribution in [0.4, 0.5) is 10.5 Å². The lowest BCUT2D eigenvalue weighted by Gasteiger charge is -2.32. The molecular formula is C24H22N4O3S. The number of thiophene rings is 1. The molecule has 3 aromatic heterocycles. The molecule has 5 rings (SSSR count). The summed E-state index contributed by atoms with van der Waals surface area (Å²) in [6.45, 7) is 0. The fourth-order valence-electron chi connectivity index (χ4n) is 4.44. The first-order valence-electron chi connectivity index (χ1n) is 10.7. The highest BCUT2D eigenvalue weighted by Gasteiger charge is 2.27. The van der Waals surface area contributed by atoms with Gasteiger partial charge < -0.3 is 5.11 Å². The molecule has 0 unspecified atom stereocenters. The first kappa shape index (κ1) is 20.4. The van der Waals surface area contributed by atoms with E-state index in [4.69, 9.17) is 0 Å². The molecule has 1 amide bonds. The lowest BCUT2D eigenvalue weighted by atomic mass is 9.94. The van der Waals surface area contributed by atoms with Crippen molar-refractivity contribution in [2.45, 2.75) is 38.1 Å². The number of fused-ring (bicyclic) bond motifs is 1. The second-order valence-electron chi connectivity index (χ2n) is 7.92. The largest absolute Gasteiger partial charge is 0.465 e. The maximum Gasteiger partial charge on any atom is 0.412 e. The summed E-state index contributed by atoms with van der Waals surface area (Å²) < 4.78 is 1.64. The fourth-order valence-corrected chi connectivity index (χ4v) is 5.12. The van der Waals surface area contributed by atoms with Crippen LogP contribution < -0.4 is 4.90 Å². The lowest BCUT2D eigenvalue weighted by Crippen LogP contribution is -2.40. The van der Waals surface area contributed by atoms with Crippen molar-refractivity contribution in [3.8, 4) is 11.3 Å². The molecule has 4 aromatic rings. The van der Waals surface area contributed by atoms with Gasteiger partial charge in [-0.2, -0.15) is 5.10 Å². The van der Waals surface area contributed by atoms with Gasteiger partial charge in [0, 0.05) is 23.5 Å². The fraction of sp³-hybridized carbons (Fsp3) is 0.250. The standard InChI is InChI=1S/C24H22N4O3S/c29-22(21-10-5-13-32-21)19-15-26-28-20(11-12-25-23(19)28)16-6-4-9-18(14-16)27(24(30)31)17-7-2-1-3-8-17/h4-6,9-15,17H,1-3,7-8H2,(H,30,31). The van der Waals surface area contributed by atoms with Crippen molar-refractivity contribution in [2.24, 2.45) is 0 Å². The molecule has 7 nitrogen and oxygen atoms in total. The zero-order valence-corrected chi connectivity index (χ0v) is 18.2. The molecule has 0 spiro atoms. The van der Waals surface area contributed by atoms with Gasteiger partial charge in [-0.15, -0.1) is 11.3 Å². The van der Waals surface area contributed by atoms with E-state index in [0.717, 1.165) is 43.4 Å². The number of anilines is 1. The molecule has 8 heteroatoms. The van der Waals surface area contributed by atoms with Crippen molar-refractivity contribution in [1.82, 2.24) is 14.6 Å². The van der Waals surface area contributed by atoms with Gasteiger partial charge in [-0.05, 0) is 42.5 Å². The van der Waals surface area contributed by atoms with Crippen LogP contribution in [0.5, 0.6) is 0 Å². The Morgan fingerprint density at radius 3 is 2.69 bits per heavy atom. The van der Waals surface area contributed by atoms with E-state index in [1.807, 2.05) is 41.8 Å². The number of hydrogen-bond donors (Lipinski definition) is 1. The van der Waals surface area contributed by atoms with Gasteiger partial charge >= 0.3 is 6.09 Å². The van der Waals surface area contributed by atoms with Crippen molar-refractivity contribution in [1.29, 1.82) is 0 Å². The Morgan fingerprint density at radius 1 is 1.09 bits per heavy atom. The number of hydrogen-bond acceptors (Lipinski definition) is 5. The van der Waals surface area contributed by atoms with E-state index in [9.17, 15) is 14.7 Å². The normalized spacial score (nSPS) is 14.5. The summed E-state index contributed by atoms with van der Waals surface area (Å²) in [5, 5.41) is 16.2. The van der Waals surface area contributed by atoms with Crippen molar-refractivity contribution >= 4 is 34.5 Å². The van der Waals surface area contributed by atoms with E-state index in [1.165, 1.54) is 16.2 Å². The predicted octanol–water partition coefficient (Wildman–Crippen LogP) is 5.51. The van der Waals surface area contributed by atoms with Crippen LogP contribution in [0.25, 0.3) is 16.9 Å². The van der Waals surface area contributed by atoms with Gasteiger partial charge in [-0.3, -0.25) is 9.69 Å². The third-order valence-electron chi connectivity index (χ3n) is 5.96. The Labute approximate surface area is 189 Å². The highest BCUT2D eigenvalue weighted by Crippen LogP contribution is 2.31. The van der Waals surface area contributed by atoms with Crippen molar-refractivity contribution < 1.29 is 14.7 Å². The average Bonchev–Trinajstić information content (AvgIpc) is 3.50. The number of benzene rings is 1. The summed E-state index contributed by atoms with van der Waals surface area (Å²) in [5.74, 6) is -0.109. The Morgan fingerprint density at radius 2 is 1.94 bits per heavy atom. The molecule has 1 saturated carbocycles. The molecule has 1 aliphatic carbocycles. The molecular weight excluding hydrogens is 424 g/mol. The van der Waals surface area contributed by atoms with Gasteiger partial charge in [-0.25, -0.2) is 14.3 Å². The van der Waals surface area contributed by atoms with Crippen LogP contribution in [0.1, 0.15) is 47.3 Å². The van der Waals surface area contributed by atoms with Gasteiger partial charge in [0.15, 0.2) is 5.65 Å². The quantitative estimate of drug-likeness (QED) is 0.409. The van der Waals surface area contributed by atoms with E-state index >= 15 is 0 Å². The van der Waals surface area contributed by atoms with Crippen LogP contribution in [-0.2, 0) is 0 Å². The first-order chi connectivity index (χ1) is 15.6. The number of rotatable bonds is 5. The molecule has 1 N–H and O–H groups in total. The second-order valence-corrected chi connectivity index (χ2v) is 8.87. The van der Waals surface area contributed by atoms with Crippen molar-refractivity contribution in [3.05, 3.63) is 70.7 Å². The van der Waals surface area contributed by atoms with E-state index < -0.39 is 6.09 Å². The lowest BCUT2D eigenvalue weighted by molar-refractivity contribution is 0.104. The number of carbonyl (C=O) groups excluding carboxylic acids is 1. The van der Waals surface area contributed by atoms with Crippen molar-refractivity contribution in [2.75, 3.05) is 4.90 Å². The second kappa shape index (κ2) is 8.55. The maximum absolute atomic E-state index is 12.9.